The first-order valence-corrected chi connectivity index (χ1v) is 20.8. The number of anilines is 1. The number of fused-ring (bicyclic) bond motifs is 1. The molecular formula is C41H52N4O8S2. The number of aryl methyl sites for hydroxylation is 1. The van der Waals surface area contributed by atoms with E-state index in [1.165, 1.54) is 28.8 Å². The van der Waals surface area contributed by atoms with Gasteiger partial charge in [-0.1, -0.05) is 54.1 Å². The van der Waals surface area contributed by atoms with Gasteiger partial charge in [-0.15, -0.1) is 11.8 Å². The molecule has 1 saturated heterocycles. The third-order valence-electron chi connectivity index (χ3n) is 8.94. The van der Waals surface area contributed by atoms with Crippen molar-refractivity contribution in [1.29, 1.82) is 0 Å². The van der Waals surface area contributed by atoms with E-state index in [1.54, 1.807) is 77.9 Å². The molecule has 2 aliphatic heterocycles. The van der Waals surface area contributed by atoms with Gasteiger partial charge in [-0.3, -0.25) is 19.8 Å². The second-order valence-corrected chi connectivity index (χ2v) is 19.6. The minimum absolute atomic E-state index is 0.133. The number of sulfonamides is 1. The van der Waals surface area contributed by atoms with Crippen molar-refractivity contribution in [3.8, 4) is 0 Å². The number of rotatable bonds is 9. The van der Waals surface area contributed by atoms with Crippen LogP contribution in [0.5, 0.6) is 0 Å². The molecule has 55 heavy (non-hydrogen) atoms. The van der Waals surface area contributed by atoms with Gasteiger partial charge >= 0.3 is 12.1 Å². The highest BCUT2D eigenvalue weighted by Crippen LogP contribution is 2.32. The minimum atomic E-state index is -4.56. The molecule has 3 amide bonds. The fourth-order valence-corrected chi connectivity index (χ4v) is 9.25. The standard InChI is InChI=1S/C41H52N4O8S2/c1-26-14-20-31(21-15-26)55(50,51)45(36(47)35-43-41(8,9)25-54-35)33(37(48)52-39(2,3)4)22-27-16-18-30(19-17-27)42-34(46)32-23-28-12-10-11-13-29(28)24-44(32)38(49)53-40(5,6)7/h10-21,32-33,35,43H,22-25H2,1-9H3,(H,42,46)/t32-,33+,35-/m0/s1. The first-order chi connectivity index (χ1) is 25.5. The maximum absolute atomic E-state index is 14.4. The van der Waals surface area contributed by atoms with E-state index in [0.717, 1.165) is 16.7 Å². The number of carbonyl (C=O) groups is 4. The molecule has 0 radical (unpaired) electrons. The second-order valence-electron chi connectivity index (χ2n) is 16.7. The summed E-state index contributed by atoms with van der Waals surface area (Å²) in [5.74, 6) is -1.52. The molecule has 12 nitrogen and oxygen atoms in total. The minimum Gasteiger partial charge on any atom is -0.458 e. The van der Waals surface area contributed by atoms with Gasteiger partial charge in [-0.2, -0.15) is 0 Å². The Morgan fingerprint density at radius 3 is 2.07 bits per heavy atom. The number of thioether (sulfide) groups is 1. The van der Waals surface area contributed by atoms with Gasteiger partial charge in [0.2, 0.25) is 5.91 Å². The van der Waals surface area contributed by atoms with Crippen LogP contribution < -0.4 is 10.6 Å². The molecule has 0 unspecified atom stereocenters. The molecule has 0 aliphatic carbocycles. The Labute approximate surface area is 328 Å². The summed E-state index contributed by atoms with van der Waals surface area (Å²) in [7, 11) is -4.56. The predicted octanol–water partition coefficient (Wildman–Crippen LogP) is 6.21. The average Bonchev–Trinajstić information content (AvgIpc) is 3.46. The van der Waals surface area contributed by atoms with Crippen LogP contribution in [0.1, 0.15) is 77.6 Å². The molecule has 3 aromatic rings. The van der Waals surface area contributed by atoms with E-state index in [1.807, 2.05) is 45.0 Å². The van der Waals surface area contributed by atoms with Crippen LogP contribution >= 0.6 is 11.8 Å². The van der Waals surface area contributed by atoms with Gasteiger partial charge in [0, 0.05) is 29.8 Å². The SMILES string of the molecule is Cc1ccc(S(=O)(=O)N(C(=O)[C@H]2NC(C)(C)CS2)[C@H](Cc2ccc(NC(=O)[C@@H]3Cc4ccccc4CN3C(=O)OC(C)(C)C)cc2)C(=O)OC(C)(C)C)cc1. The number of amides is 3. The number of hydrogen-bond acceptors (Lipinski definition) is 10. The summed E-state index contributed by atoms with van der Waals surface area (Å²) in [5.41, 5.74) is 1.46. The summed E-state index contributed by atoms with van der Waals surface area (Å²) in [6, 6.07) is 17.9. The highest BCUT2D eigenvalue weighted by atomic mass is 32.2. The number of hydrogen-bond donors (Lipinski definition) is 2. The summed E-state index contributed by atoms with van der Waals surface area (Å²) in [5, 5.41) is 5.19. The zero-order valence-electron chi connectivity index (χ0n) is 33.0. The van der Waals surface area contributed by atoms with Gasteiger partial charge in [0.1, 0.15) is 28.7 Å². The van der Waals surface area contributed by atoms with Crippen molar-refractivity contribution >= 4 is 51.3 Å². The van der Waals surface area contributed by atoms with E-state index >= 15 is 0 Å². The van der Waals surface area contributed by atoms with Crippen LogP contribution in [0.4, 0.5) is 10.5 Å². The van der Waals surface area contributed by atoms with Gasteiger partial charge in [-0.05, 0) is 103 Å². The lowest BCUT2D eigenvalue weighted by atomic mass is 9.93. The Morgan fingerprint density at radius 1 is 0.909 bits per heavy atom. The molecule has 1 fully saturated rings. The lowest BCUT2D eigenvalue weighted by molar-refractivity contribution is -0.161. The normalized spacial score (nSPS) is 18.8. The fourth-order valence-electron chi connectivity index (χ4n) is 6.32. The van der Waals surface area contributed by atoms with E-state index in [2.05, 4.69) is 10.6 Å². The van der Waals surface area contributed by atoms with Crippen LogP contribution in [0, 0.1) is 6.92 Å². The summed E-state index contributed by atoms with van der Waals surface area (Å²) in [4.78, 5) is 56.8. The van der Waals surface area contributed by atoms with Crippen molar-refractivity contribution in [2.24, 2.45) is 0 Å². The lowest BCUT2D eigenvalue weighted by Crippen LogP contribution is -2.56. The number of nitrogens with zero attached hydrogens (tertiary/aromatic N) is 2. The maximum atomic E-state index is 14.4. The molecule has 0 spiro atoms. The Kier molecular flexibility index (Phi) is 12.1. The van der Waals surface area contributed by atoms with Gasteiger partial charge in [-0.25, -0.2) is 22.3 Å². The van der Waals surface area contributed by atoms with Crippen LogP contribution in [-0.4, -0.2) is 81.5 Å². The molecular weight excluding hydrogens is 741 g/mol. The van der Waals surface area contributed by atoms with E-state index in [0.29, 0.717) is 27.7 Å². The third-order valence-corrected chi connectivity index (χ3v) is 12.3. The quantitative estimate of drug-likeness (QED) is 0.240. The summed E-state index contributed by atoms with van der Waals surface area (Å²) < 4.78 is 41.0. The predicted molar refractivity (Wildman–Crippen MR) is 213 cm³/mol. The first-order valence-electron chi connectivity index (χ1n) is 18.3. The summed E-state index contributed by atoms with van der Waals surface area (Å²) in [6.07, 6.45) is -0.506. The van der Waals surface area contributed by atoms with Gasteiger partial charge in [0.25, 0.3) is 15.9 Å². The van der Waals surface area contributed by atoms with Gasteiger partial charge in [0.15, 0.2) is 0 Å². The number of benzene rings is 3. The van der Waals surface area contributed by atoms with Crippen LogP contribution in [0.25, 0.3) is 0 Å². The van der Waals surface area contributed by atoms with E-state index in [-0.39, 0.29) is 17.9 Å². The van der Waals surface area contributed by atoms with Crippen molar-refractivity contribution in [2.45, 2.75) is 121 Å². The van der Waals surface area contributed by atoms with Gasteiger partial charge in [0.05, 0.1) is 11.4 Å². The maximum Gasteiger partial charge on any atom is 0.411 e. The molecule has 5 rings (SSSR count). The zero-order valence-corrected chi connectivity index (χ0v) is 34.6. The number of nitrogens with one attached hydrogen (secondary N) is 2. The summed E-state index contributed by atoms with van der Waals surface area (Å²) in [6.45, 7) is 16.2. The van der Waals surface area contributed by atoms with Crippen LogP contribution in [0.15, 0.2) is 77.7 Å². The Bertz CT molecular complexity index is 2020. The molecule has 3 atom stereocenters. The van der Waals surface area contributed by atoms with Crippen molar-refractivity contribution in [3.63, 3.8) is 0 Å². The molecule has 296 valence electrons. The van der Waals surface area contributed by atoms with Crippen molar-refractivity contribution < 1.29 is 37.1 Å². The van der Waals surface area contributed by atoms with Crippen LogP contribution in [-0.2, 0) is 53.3 Å². The summed E-state index contributed by atoms with van der Waals surface area (Å²) >= 11 is 1.28. The zero-order chi connectivity index (χ0) is 40.5. The molecule has 14 heteroatoms. The average molecular weight is 793 g/mol. The monoisotopic (exact) mass is 792 g/mol. The molecule has 0 aromatic heterocycles. The molecule has 2 aliphatic rings. The number of ether oxygens (including phenoxy) is 2. The smallest absolute Gasteiger partial charge is 0.411 e. The molecule has 3 aromatic carbocycles. The van der Waals surface area contributed by atoms with Crippen molar-refractivity contribution in [1.82, 2.24) is 14.5 Å². The van der Waals surface area contributed by atoms with Crippen LogP contribution in [0.2, 0.25) is 0 Å². The van der Waals surface area contributed by atoms with E-state index in [4.69, 9.17) is 9.47 Å². The van der Waals surface area contributed by atoms with Gasteiger partial charge < -0.3 is 14.8 Å². The Balaban J connectivity index is 1.44. The second kappa shape index (κ2) is 16.0. The van der Waals surface area contributed by atoms with Crippen molar-refractivity contribution in [2.75, 3.05) is 11.1 Å². The van der Waals surface area contributed by atoms with E-state index < -0.39 is 68.1 Å². The van der Waals surface area contributed by atoms with E-state index in [9.17, 15) is 27.6 Å². The first kappa shape index (κ1) is 41.8. The lowest BCUT2D eigenvalue weighted by Gasteiger charge is -2.36. The highest BCUT2D eigenvalue weighted by molar-refractivity contribution is 8.01. The molecule has 2 heterocycles. The molecule has 2 N–H and O–H groups in total. The largest absolute Gasteiger partial charge is 0.458 e. The molecule has 0 bridgehead atoms. The fraction of sp³-hybridized carbons (Fsp3) is 0.463. The third kappa shape index (κ3) is 10.5. The molecule has 0 saturated carbocycles. The highest BCUT2D eigenvalue weighted by Gasteiger charge is 2.47. The topological polar surface area (TPSA) is 151 Å². The Morgan fingerprint density at radius 2 is 1.51 bits per heavy atom. The van der Waals surface area contributed by atoms with Crippen molar-refractivity contribution in [3.05, 3.63) is 95.1 Å². The Hall–Kier alpha value is -4.40. The number of esters is 1. The number of carbonyl (C=O) groups excluding carboxylic acids is 4. The van der Waals surface area contributed by atoms with Crippen LogP contribution in [0.3, 0.4) is 0 Å².